The number of nitrogens with zero attached hydrogens (tertiary/aromatic N) is 8. The number of methoxy groups -OCH3 is 1. The maximum atomic E-state index is 14.7. The molecule has 6 bridgehead atoms. The van der Waals surface area contributed by atoms with Crippen LogP contribution in [0.2, 0.25) is 0 Å². The van der Waals surface area contributed by atoms with Crippen molar-refractivity contribution in [1.82, 2.24) is 49.9 Å². The van der Waals surface area contributed by atoms with E-state index < -0.39 is 46.9 Å². The summed E-state index contributed by atoms with van der Waals surface area (Å²) < 4.78 is 14.3. The van der Waals surface area contributed by atoms with Crippen LogP contribution in [0, 0.1) is 23.2 Å². The van der Waals surface area contributed by atoms with E-state index in [-0.39, 0.29) is 43.0 Å². The molecule has 0 radical (unpaired) electrons. The topological polar surface area (TPSA) is 175 Å². The Morgan fingerprint density at radius 2 is 1.83 bits per heavy atom. The molecule has 0 aliphatic carbocycles. The molecule has 4 aliphatic rings. The van der Waals surface area contributed by atoms with Crippen LogP contribution in [0.1, 0.15) is 97.0 Å². The summed E-state index contributed by atoms with van der Waals surface area (Å²) in [5, 5.41) is 8.11. The van der Waals surface area contributed by atoms with Crippen molar-refractivity contribution < 1.29 is 33.4 Å². The smallest absolute Gasteiger partial charge is 0.324 e. The van der Waals surface area contributed by atoms with E-state index in [1.807, 2.05) is 46.1 Å². The number of hydrazine groups is 1. The van der Waals surface area contributed by atoms with Gasteiger partial charge in [0.05, 0.1) is 46.4 Å². The van der Waals surface area contributed by atoms with E-state index in [2.05, 4.69) is 77.1 Å². The lowest BCUT2D eigenvalue weighted by molar-refractivity contribution is -0.155. The lowest BCUT2D eigenvalue weighted by atomic mass is 9.84. The van der Waals surface area contributed by atoms with Gasteiger partial charge in [0.25, 0.3) is 11.8 Å². The number of pyridine rings is 1. The van der Waals surface area contributed by atoms with Gasteiger partial charge in [-0.15, -0.1) is 11.3 Å². The van der Waals surface area contributed by atoms with E-state index in [0.29, 0.717) is 50.4 Å². The van der Waals surface area contributed by atoms with E-state index in [9.17, 15) is 24.0 Å². The van der Waals surface area contributed by atoms with Gasteiger partial charge in [0.2, 0.25) is 5.91 Å². The normalized spacial score (nSPS) is 20.6. The number of fused-ring (bicyclic) bond motifs is 6. The standard InChI is InChI=1S/C54H72N10O7S/c1-12-63-43-19-18-35-26-38(43)39(48(63)37-16-13-22-55-46(37)34(4)70-11)28-53(5,6)32-71-51(68)40-17-14-25-64(58-40)50(67)41(27-44-56-42(35)31-72-44)57-49(66)47(33(2)3)60(10)52(69)61-29-36(30-61)59(9)45(65)20-21-54(7,8)62-23-15-24-62/h13,16,18-19,22,26,31,33-34,36,40-41,47,58H,12,14-15,17,23-25,27-30,32H2,1-11H3,(H,57,66)/t34-,40-,41-,47?/m0/s1. The number of carbonyl (C=O) groups excluding carboxylic acids is 5. The largest absolute Gasteiger partial charge is 0.464 e. The van der Waals surface area contributed by atoms with Crippen LogP contribution in [0.25, 0.3) is 33.4 Å². The van der Waals surface area contributed by atoms with Gasteiger partial charge in [0.1, 0.15) is 18.1 Å². The summed E-state index contributed by atoms with van der Waals surface area (Å²) in [5.41, 5.74) is 8.85. The molecule has 4 atom stereocenters. The van der Waals surface area contributed by atoms with Crippen molar-refractivity contribution in [1.29, 1.82) is 0 Å². The molecule has 1 aromatic carbocycles. The number of hydrogen-bond donors (Lipinski definition) is 2. The van der Waals surface area contributed by atoms with Crippen molar-refractivity contribution in [3.05, 3.63) is 58.2 Å². The molecule has 0 spiro atoms. The molecular weight excluding hydrogens is 933 g/mol. The predicted molar refractivity (Wildman–Crippen MR) is 277 cm³/mol. The molecule has 8 rings (SSSR count). The van der Waals surface area contributed by atoms with Gasteiger partial charge in [-0.3, -0.25) is 34.1 Å². The average Bonchev–Trinajstić information content (AvgIpc) is 3.91. The average molecular weight is 1010 g/mol. The summed E-state index contributed by atoms with van der Waals surface area (Å²) in [4.78, 5) is 87.1. The summed E-state index contributed by atoms with van der Waals surface area (Å²) in [5.74, 6) is 3.93. The van der Waals surface area contributed by atoms with Gasteiger partial charge in [-0.2, -0.15) is 0 Å². The van der Waals surface area contributed by atoms with Gasteiger partial charge in [0, 0.05) is 106 Å². The summed E-state index contributed by atoms with van der Waals surface area (Å²) in [6.45, 7) is 19.7. The molecule has 1 unspecified atom stereocenters. The summed E-state index contributed by atoms with van der Waals surface area (Å²) >= 11 is 1.41. The van der Waals surface area contributed by atoms with Gasteiger partial charge < -0.3 is 34.1 Å². The number of rotatable bonds is 10. The number of aromatic nitrogens is 3. The second-order valence-corrected chi connectivity index (χ2v) is 22.4. The second kappa shape index (κ2) is 21.3. The van der Waals surface area contributed by atoms with Crippen LogP contribution in [-0.2, 0) is 48.0 Å². The van der Waals surface area contributed by atoms with E-state index in [0.717, 1.165) is 64.2 Å². The maximum absolute atomic E-state index is 14.7. The van der Waals surface area contributed by atoms with Crippen LogP contribution in [0.5, 0.6) is 0 Å². The molecule has 7 heterocycles. The van der Waals surface area contributed by atoms with Crippen LogP contribution >= 0.6 is 11.3 Å². The van der Waals surface area contributed by atoms with E-state index in [4.69, 9.17) is 19.4 Å². The fourth-order valence-electron chi connectivity index (χ4n) is 10.4. The number of aryl methyl sites for hydroxylation is 1. The lowest BCUT2D eigenvalue weighted by Gasteiger charge is -2.46. The molecule has 386 valence electrons. The van der Waals surface area contributed by atoms with Crippen molar-refractivity contribution in [2.75, 3.05) is 60.5 Å². The number of cyclic esters (lactones) is 1. The third kappa shape index (κ3) is 10.8. The lowest BCUT2D eigenvalue weighted by Crippen LogP contribution is -2.66. The molecule has 72 heavy (non-hydrogen) atoms. The summed E-state index contributed by atoms with van der Waals surface area (Å²) in [6.07, 6.45) is 4.29. The Balaban J connectivity index is 1.07. The summed E-state index contributed by atoms with van der Waals surface area (Å²) in [7, 11) is 4.98. The van der Waals surface area contributed by atoms with Crippen molar-refractivity contribution in [3.63, 3.8) is 0 Å². The highest BCUT2D eigenvalue weighted by Gasteiger charge is 2.42. The number of nitrogens with one attached hydrogen (secondary N) is 2. The first-order valence-electron chi connectivity index (χ1n) is 25.4. The van der Waals surface area contributed by atoms with Crippen LogP contribution in [0.15, 0.2) is 41.9 Å². The fraction of sp³-hybridized carbons (Fsp3) is 0.574. The van der Waals surface area contributed by atoms with Crippen LogP contribution < -0.4 is 10.7 Å². The number of likely N-dealkylation sites (N-methyl/N-ethyl adjacent to an activating group) is 2. The highest BCUT2D eigenvalue weighted by Crippen LogP contribution is 2.42. The van der Waals surface area contributed by atoms with E-state index in [1.54, 1.807) is 37.2 Å². The zero-order chi connectivity index (χ0) is 51.8. The van der Waals surface area contributed by atoms with Crippen LogP contribution in [0.3, 0.4) is 0 Å². The number of esters is 1. The molecule has 3 fully saturated rings. The Morgan fingerprint density at radius 3 is 2.51 bits per heavy atom. The number of carbonyl (C=O) groups is 5. The molecule has 3 aromatic heterocycles. The Labute approximate surface area is 427 Å². The van der Waals surface area contributed by atoms with Crippen molar-refractivity contribution >= 4 is 52.0 Å². The molecule has 17 nitrogen and oxygen atoms in total. The van der Waals surface area contributed by atoms with Gasteiger partial charge >= 0.3 is 12.0 Å². The van der Waals surface area contributed by atoms with E-state index >= 15 is 0 Å². The number of amides is 5. The Hall–Kier alpha value is -5.87. The number of likely N-dealkylation sites (tertiary alicyclic amines) is 2. The molecule has 5 amide bonds. The SMILES string of the molecule is CCn1c(-c2cccnc2[C@H](C)OC)c2c3cc(ccc31)-c1csc(n1)C[C@H](NC(=O)C(C(C)C)N(C)C(=O)N1CC(N(C)C(=O)C#CC(C)(C)N3CCC3)C1)C(=O)N1CCC[C@H](N1)C(=O)OCC(C)(C)C2. The number of benzene rings is 1. The highest BCUT2D eigenvalue weighted by atomic mass is 32.1. The van der Waals surface area contributed by atoms with Crippen molar-refractivity contribution in [3.8, 4) is 34.4 Å². The minimum absolute atomic E-state index is 0.0663. The minimum atomic E-state index is -1.10. The first-order chi connectivity index (χ1) is 34.2. The predicted octanol–water partition coefficient (Wildman–Crippen LogP) is 5.91. The Morgan fingerprint density at radius 1 is 1.08 bits per heavy atom. The first-order valence-corrected chi connectivity index (χ1v) is 26.3. The summed E-state index contributed by atoms with van der Waals surface area (Å²) in [6, 6.07) is 7.00. The molecule has 3 saturated heterocycles. The first kappa shape index (κ1) is 52.5. The fourth-order valence-corrected chi connectivity index (χ4v) is 11.2. The number of thiazole rings is 1. The van der Waals surface area contributed by atoms with Crippen LogP contribution in [-0.4, -0.2) is 159 Å². The third-order valence-corrected chi connectivity index (χ3v) is 15.8. The van der Waals surface area contributed by atoms with Gasteiger partial charge in [-0.05, 0) is 95.0 Å². The quantitative estimate of drug-likeness (QED) is 0.143. The van der Waals surface area contributed by atoms with Gasteiger partial charge in [-0.25, -0.2) is 15.2 Å². The van der Waals surface area contributed by atoms with Crippen molar-refractivity contribution in [2.45, 2.75) is 130 Å². The van der Waals surface area contributed by atoms with Crippen molar-refractivity contribution in [2.24, 2.45) is 11.3 Å². The number of urea groups is 1. The highest BCUT2D eigenvalue weighted by molar-refractivity contribution is 7.10. The molecule has 4 aromatic rings. The molecule has 2 N–H and O–H groups in total. The van der Waals surface area contributed by atoms with Gasteiger partial charge in [-0.1, -0.05) is 39.7 Å². The zero-order valence-electron chi connectivity index (χ0n) is 43.8. The van der Waals surface area contributed by atoms with Gasteiger partial charge in [0.15, 0.2) is 0 Å². The molecule has 0 saturated carbocycles. The number of hydrogen-bond acceptors (Lipinski definition) is 12. The number of ether oxygens (including phenoxy) is 2. The Bertz CT molecular complexity index is 2760. The molecule has 4 aliphatic heterocycles. The monoisotopic (exact) mass is 1000 g/mol. The molecular formula is C54H72N10O7S. The third-order valence-electron chi connectivity index (χ3n) is 14.9. The van der Waals surface area contributed by atoms with E-state index in [1.165, 1.54) is 21.2 Å². The Kier molecular flexibility index (Phi) is 15.5. The minimum Gasteiger partial charge on any atom is -0.464 e. The van der Waals surface area contributed by atoms with Crippen LogP contribution in [0.4, 0.5) is 4.79 Å². The maximum Gasteiger partial charge on any atom is 0.324 e. The molecule has 18 heteroatoms. The zero-order valence-corrected chi connectivity index (χ0v) is 44.7. The second-order valence-electron chi connectivity index (χ2n) is 21.5.